The molecule has 0 saturated heterocycles. The Kier molecular flexibility index (Phi) is 4.46. The van der Waals surface area contributed by atoms with Gasteiger partial charge in [-0.2, -0.15) is 0 Å². The molecule has 1 aliphatic carbocycles. The average molecular weight is 261 g/mol. The van der Waals surface area contributed by atoms with Crippen LogP contribution >= 0.6 is 0 Å². The fourth-order valence-electron chi connectivity index (χ4n) is 2.98. The van der Waals surface area contributed by atoms with Crippen molar-refractivity contribution in [3.63, 3.8) is 0 Å². The number of ether oxygens (including phenoxy) is 1. The van der Waals surface area contributed by atoms with Crippen LogP contribution in [0.4, 0.5) is 5.69 Å². The van der Waals surface area contributed by atoms with Gasteiger partial charge in [-0.25, -0.2) is 4.79 Å². The van der Waals surface area contributed by atoms with Crippen molar-refractivity contribution in [2.75, 3.05) is 12.4 Å². The van der Waals surface area contributed by atoms with Gasteiger partial charge in [0.05, 0.1) is 12.7 Å². The summed E-state index contributed by atoms with van der Waals surface area (Å²) in [4.78, 5) is 11.7. The predicted molar refractivity (Wildman–Crippen MR) is 77.4 cm³/mol. The smallest absolute Gasteiger partial charge is 0.339 e. The molecule has 104 valence electrons. The van der Waals surface area contributed by atoms with Crippen LogP contribution < -0.4 is 5.32 Å². The molecule has 0 aromatic heterocycles. The molecule has 19 heavy (non-hydrogen) atoms. The van der Waals surface area contributed by atoms with E-state index < -0.39 is 0 Å². The van der Waals surface area contributed by atoms with Crippen LogP contribution in [0.5, 0.6) is 0 Å². The number of para-hydroxylation sites is 1. The van der Waals surface area contributed by atoms with Crippen LogP contribution in [0.15, 0.2) is 24.3 Å². The highest BCUT2D eigenvalue weighted by Crippen LogP contribution is 2.31. The summed E-state index contributed by atoms with van der Waals surface area (Å²) in [5, 5.41) is 3.53. The molecule has 1 N–H and O–H groups in total. The van der Waals surface area contributed by atoms with Crippen molar-refractivity contribution in [2.24, 2.45) is 11.8 Å². The molecule has 0 spiro atoms. The zero-order chi connectivity index (χ0) is 13.8. The molecule has 0 radical (unpaired) electrons. The number of rotatable bonds is 3. The summed E-state index contributed by atoms with van der Waals surface area (Å²) < 4.78 is 4.83. The van der Waals surface area contributed by atoms with Gasteiger partial charge in [0.15, 0.2) is 0 Å². The molecule has 3 heteroatoms. The Morgan fingerprint density at radius 3 is 2.68 bits per heavy atom. The van der Waals surface area contributed by atoms with E-state index in [9.17, 15) is 4.79 Å². The maximum atomic E-state index is 11.7. The molecule has 3 nitrogen and oxygen atoms in total. The number of benzene rings is 1. The lowest BCUT2D eigenvalue weighted by molar-refractivity contribution is 0.0601. The number of anilines is 1. The van der Waals surface area contributed by atoms with Crippen molar-refractivity contribution in [1.29, 1.82) is 0 Å². The lowest BCUT2D eigenvalue weighted by Gasteiger charge is -2.34. The second-order valence-electron chi connectivity index (χ2n) is 5.68. The van der Waals surface area contributed by atoms with Gasteiger partial charge in [-0.1, -0.05) is 26.0 Å². The van der Waals surface area contributed by atoms with Crippen LogP contribution in [0.2, 0.25) is 0 Å². The molecule has 0 amide bonds. The zero-order valence-corrected chi connectivity index (χ0v) is 12.0. The average Bonchev–Trinajstić information content (AvgIpc) is 2.41. The van der Waals surface area contributed by atoms with Gasteiger partial charge in [0.25, 0.3) is 0 Å². The largest absolute Gasteiger partial charge is 0.465 e. The fraction of sp³-hybridized carbons (Fsp3) is 0.562. The lowest BCUT2D eigenvalue weighted by atomic mass is 9.80. The Morgan fingerprint density at radius 1 is 1.26 bits per heavy atom. The summed E-state index contributed by atoms with van der Waals surface area (Å²) >= 11 is 0. The van der Waals surface area contributed by atoms with Crippen molar-refractivity contribution in [1.82, 2.24) is 0 Å². The highest BCUT2D eigenvalue weighted by Gasteiger charge is 2.26. The fourth-order valence-corrected chi connectivity index (χ4v) is 2.98. The first kappa shape index (κ1) is 13.9. The molecule has 3 unspecified atom stereocenters. The number of methoxy groups -OCH3 is 1. The van der Waals surface area contributed by atoms with Crippen LogP contribution in [0, 0.1) is 11.8 Å². The van der Waals surface area contributed by atoms with Crippen LogP contribution in [-0.2, 0) is 4.74 Å². The maximum absolute atomic E-state index is 11.7. The van der Waals surface area contributed by atoms with Gasteiger partial charge in [-0.3, -0.25) is 0 Å². The van der Waals surface area contributed by atoms with Gasteiger partial charge in [0.2, 0.25) is 0 Å². The number of nitrogens with one attached hydrogen (secondary N) is 1. The van der Waals surface area contributed by atoms with E-state index in [0.29, 0.717) is 17.5 Å². The molecule has 1 aromatic carbocycles. The maximum Gasteiger partial charge on any atom is 0.339 e. The minimum atomic E-state index is -0.278. The molecule has 1 saturated carbocycles. The van der Waals surface area contributed by atoms with Crippen molar-refractivity contribution >= 4 is 11.7 Å². The Bertz CT molecular complexity index is 444. The quantitative estimate of drug-likeness (QED) is 0.843. The number of carbonyl (C=O) groups is 1. The summed E-state index contributed by atoms with van der Waals surface area (Å²) in [6, 6.07) is 8.03. The van der Waals surface area contributed by atoms with E-state index >= 15 is 0 Å². The third-order valence-corrected chi connectivity index (χ3v) is 4.10. The van der Waals surface area contributed by atoms with E-state index in [4.69, 9.17) is 4.74 Å². The summed E-state index contributed by atoms with van der Waals surface area (Å²) in [5.41, 5.74) is 1.51. The van der Waals surface area contributed by atoms with Crippen LogP contribution in [0.3, 0.4) is 0 Å². The number of carbonyl (C=O) groups excluding carboxylic acids is 1. The first-order chi connectivity index (χ1) is 9.11. The Hall–Kier alpha value is -1.51. The van der Waals surface area contributed by atoms with Gasteiger partial charge in [-0.05, 0) is 43.2 Å². The highest BCUT2D eigenvalue weighted by molar-refractivity contribution is 5.95. The van der Waals surface area contributed by atoms with E-state index in [1.54, 1.807) is 0 Å². The van der Waals surface area contributed by atoms with Crippen molar-refractivity contribution in [3.8, 4) is 0 Å². The minimum Gasteiger partial charge on any atom is -0.465 e. The summed E-state index contributed by atoms with van der Waals surface area (Å²) in [6.45, 7) is 4.60. The van der Waals surface area contributed by atoms with Crippen molar-refractivity contribution in [3.05, 3.63) is 29.8 Å². The van der Waals surface area contributed by atoms with Crippen molar-refractivity contribution < 1.29 is 9.53 Å². The number of esters is 1. The molecule has 1 aromatic rings. The molecule has 1 aliphatic rings. The zero-order valence-electron chi connectivity index (χ0n) is 12.0. The Morgan fingerprint density at radius 2 is 2.00 bits per heavy atom. The first-order valence-corrected chi connectivity index (χ1v) is 7.05. The normalized spacial score (nSPS) is 26.8. The minimum absolute atomic E-state index is 0.278. The lowest BCUT2D eigenvalue weighted by Crippen LogP contribution is -2.33. The summed E-state index contributed by atoms with van der Waals surface area (Å²) in [6.07, 6.45) is 3.66. The second kappa shape index (κ2) is 6.09. The molecule has 0 heterocycles. The Balaban J connectivity index is 2.13. The van der Waals surface area contributed by atoms with E-state index in [1.807, 2.05) is 24.3 Å². The van der Waals surface area contributed by atoms with E-state index in [0.717, 1.165) is 18.0 Å². The molecular weight excluding hydrogens is 238 g/mol. The standard InChI is InChI=1S/C16H23NO2/c1-11-8-9-14(12(2)10-11)17-15-7-5-4-6-13(15)16(18)19-3/h4-7,11-12,14,17H,8-10H2,1-3H3. The Labute approximate surface area is 115 Å². The first-order valence-electron chi connectivity index (χ1n) is 7.05. The van der Waals surface area contributed by atoms with Crippen molar-refractivity contribution in [2.45, 2.75) is 39.2 Å². The third kappa shape index (κ3) is 3.28. The van der Waals surface area contributed by atoms with Gasteiger partial charge >= 0.3 is 5.97 Å². The topological polar surface area (TPSA) is 38.3 Å². The number of hydrogen-bond donors (Lipinski definition) is 1. The van der Waals surface area contributed by atoms with Gasteiger partial charge in [0, 0.05) is 11.7 Å². The molecular formula is C16H23NO2. The molecule has 1 fully saturated rings. The summed E-state index contributed by atoms with van der Waals surface area (Å²) in [7, 11) is 1.42. The molecule has 2 rings (SSSR count). The number of hydrogen-bond acceptors (Lipinski definition) is 3. The second-order valence-corrected chi connectivity index (χ2v) is 5.68. The predicted octanol–water partition coefficient (Wildman–Crippen LogP) is 3.71. The SMILES string of the molecule is COC(=O)c1ccccc1NC1CCC(C)CC1C. The van der Waals surface area contributed by atoms with Crippen LogP contribution in [-0.4, -0.2) is 19.1 Å². The van der Waals surface area contributed by atoms with Gasteiger partial charge in [-0.15, -0.1) is 0 Å². The molecule has 0 bridgehead atoms. The van der Waals surface area contributed by atoms with E-state index in [2.05, 4.69) is 19.2 Å². The van der Waals surface area contributed by atoms with Crippen LogP contribution in [0.25, 0.3) is 0 Å². The highest BCUT2D eigenvalue weighted by atomic mass is 16.5. The third-order valence-electron chi connectivity index (χ3n) is 4.10. The van der Waals surface area contributed by atoms with Gasteiger partial charge in [0.1, 0.15) is 0 Å². The van der Waals surface area contributed by atoms with Crippen LogP contribution in [0.1, 0.15) is 43.5 Å². The molecule has 3 atom stereocenters. The van der Waals surface area contributed by atoms with E-state index in [-0.39, 0.29) is 5.97 Å². The summed E-state index contributed by atoms with van der Waals surface area (Å²) in [5.74, 6) is 1.17. The van der Waals surface area contributed by atoms with Gasteiger partial charge < -0.3 is 10.1 Å². The molecule has 0 aliphatic heterocycles. The van der Waals surface area contributed by atoms with E-state index in [1.165, 1.54) is 20.0 Å². The monoisotopic (exact) mass is 261 g/mol.